The number of carbonyl (C=O) groups excluding carboxylic acids is 2. The predicted octanol–water partition coefficient (Wildman–Crippen LogP) is 7.47. The molecule has 0 fully saturated rings. The number of benzene rings is 1. The van der Waals surface area contributed by atoms with Crippen LogP contribution >= 0.6 is 0 Å². The lowest BCUT2D eigenvalue weighted by Crippen LogP contribution is -2.41. The number of carbonyl (C=O) groups is 2. The Hall–Kier alpha value is -2.70. The van der Waals surface area contributed by atoms with Crippen molar-refractivity contribution in [3.05, 3.63) is 34.9 Å². The van der Waals surface area contributed by atoms with E-state index in [4.69, 9.17) is 14.5 Å². The predicted molar refractivity (Wildman–Crippen MR) is 157 cm³/mol. The molecular formula is C32H50N2O5. The topological polar surface area (TPSA) is 97.6 Å². The molecule has 1 aromatic carbocycles. The lowest BCUT2D eigenvalue weighted by atomic mass is 9.68. The summed E-state index contributed by atoms with van der Waals surface area (Å²) in [6.07, 6.45) is 12.4. The summed E-state index contributed by atoms with van der Waals surface area (Å²) in [5.41, 5.74) is 2.98. The van der Waals surface area contributed by atoms with E-state index in [1.165, 1.54) is 32.1 Å². The SMILES string of the molecule is CCCCCCCCCCOC(=O)C(CC)OC(=O)C(=NO)C1=NCC(CCC)(CCC)c2c(C)cccc21. The van der Waals surface area contributed by atoms with Gasteiger partial charge in [0.2, 0.25) is 5.71 Å². The number of hydrogen-bond donors (Lipinski definition) is 1. The molecule has 1 aliphatic rings. The number of oxime groups is 1. The van der Waals surface area contributed by atoms with Gasteiger partial charge in [-0.3, -0.25) is 4.99 Å². The van der Waals surface area contributed by atoms with E-state index in [2.05, 4.69) is 38.9 Å². The van der Waals surface area contributed by atoms with Crippen LogP contribution in [-0.2, 0) is 24.5 Å². The number of hydrogen-bond acceptors (Lipinski definition) is 7. The van der Waals surface area contributed by atoms with E-state index >= 15 is 0 Å². The van der Waals surface area contributed by atoms with Gasteiger partial charge in [-0.15, -0.1) is 0 Å². The third-order valence-corrected chi connectivity index (χ3v) is 7.70. The van der Waals surface area contributed by atoms with Gasteiger partial charge >= 0.3 is 11.9 Å². The van der Waals surface area contributed by atoms with Crippen molar-refractivity contribution < 1.29 is 24.3 Å². The fraction of sp³-hybridized carbons (Fsp3) is 0.688. The summed E-state index contributed by atoms with van der Waals surface area (Å²) < 4.78 is 10.9. The van der Waals surface area contributed by atoms with Crippen LogP contribution in [0.1, 0.15) is 128 Å². The highest BCUT2D eigenvalue weighted by Gasteiger charge is 2.40. The molecule has 7 heteroatoms. The second kappa shape index (κ2) is 17.1. The molecule has 218 valence electrons. The highest BCUT2D eigenvalue weighted by atomic mass is 16.6. The highest BCUT2D eigenvalue weighted by molar-refractivity contribution is 6.69. The van der Waals surface area contributed by atoms with Gasteiger partial charge in [-0.1, -0.05) is 109 Å². The zero-order valence-corrected chi connectivity index (χ0v) is 24.9. The van der Waals surface area contributed by atoms with E-state index in [1.807, 2.05) is 12.1 Å². The normalized spacial score (nSPS) is 15.3. The molecule has 0 bridgehead atoms. The number of esters is 2. The molecule has 39 heavy (non-hydrogen) atoms. The Balaban J connectivity index is 2.05. The number of fused-ring (bicyclic) bond motifs is 1. The van der Waals surface area contributed by atoms with Gasteiger partial charge in [0.25, 0.3) is 0 Å². The van der Waals surface area contributed by atoms with E-state index in [0.29, 0.717) is 18.9 Å². The van der Waals surface area contributed by atoms with Crippen LogP contribution in [0.2, 0.25) is 0 Å². The first-order valence-electron chi connectivity index (χ1n) is 15.1. The van der Waals surface area contributed by atoms with Gasteiger partial charge < -0.3 is 14.7 Å². The van der Waals surface area contributed by atoms with Crippen LogP contribution in [0.25, 0.3) is 0 Å². The summed E-state index contributed by atoms with van der Waals surface area (Å²) in [6, 6.07) is 5.93. The third kappa shape index (κ3) is 8.91. The zero-order chi connectivity index (χ0) is 28.7. The van der Waals surface area contributed by atoms with Crippen LogP contribution in [0.4, 0.5) is 0 Å². The molecular weight excluding hydrogens is 492 g/mol. The van der Waals surface area contributed by atoms with Gasteiger partial charge in [0.1, 0.15) is 5.71 Å². The average molecular weight is 543 g/mol. The van der Waals surface area contributed by atoms with Gasteiger partial charge in [-0.25, -0.2) is 9.59 Å². The van der Waals surface area contributed by atoms with Crippen molar-refractivity contribution in [1.82, 2.24) is 0 Å². The quantitative estimate of drug-likeness (QED) is 0.0682. The molecule has 1 atom stereocenters. The van der Waals surface area contributed by atoms with Crippen LogP contribution in [0.5, 0.6) is 0 Å². The summed E-state index contributed by atoms with van der Waals surface area (Å²) >= 11 is 0. The molecule has 0 aliphatic carbocycles. The maximum absolute atomic E-state index is 13.2. The number of unbranched alkanes of at least 4 members (excludes halogenated alkanes) is 7. The number of nitrogens with zero attached hydrogens (tertiary/aromatic N) is 2. The summed E-state index contributed by atoms with van der Waals surface area (Å²) in [7, 11) is 0. The maximum Gasteiger partial charge on any atom is 0.363 e. The maximum atomic E-state index is 13.2. The molecule has 1 unspecified atom stereocenters. The van der Waals surface area contributed by atoms with Crippen molar-refractivity contribution >= 4 is 23.4 Å². The molecule has 1 heterocycles. The highest BCUT2D eigenvalue weighted by Crippen LogP contribution is 2.41. The van der Waals surface area contributed by atoms with Gasteiger partial charge in [-0.2, -0.15) is 0 Å². The fourth-order valence-corrected chi connectivity index (χ4v) is 5.83. The largest absolute Gasteiger partial charge is 0.463 e. The molecule has 2 rings (SSSR count). The third-order valence-electron chi connectivity index (χ3n) is 7.70. The van der Waals surface area contributed by atoms with Gasteiger partial charge in [0, 0.05) is 17.5 Å². The minimum atomic E-state index is -1.07. The second-order valence-corrected chi connectivity index (χ2v) is 10.8. The lowest BCUT2D eigenvalue weighted by molar-refractivity contribution is -0.164. The first-order chi connectivity index (χ1) is 18.9. The molecule has 0 saturated carbocycles. The van der Waals surface area contributed by atoms with Crippen LogP contribution in [0.15, 0.2) is 28.3 Å². The van der Waals surface area contributed by atoms with Crippen molar-refractivity contribution in [1.29, 1.82) is 0 Å². The van der Waals surface area contributed by atoms with Crippen LogP contribution < -0.4 is 0 Å². The molecule has 0 aromatic heterocycles. The number of aryl methyl sites for hydroxylation is 1. The number of rotatable bonds is 18. The van der Waals surface area contributed by atoms with Crippen molar-refractivity contribution in [3.63, 3.8) is 0 Å². The van der Waals surface area contributed by atoms with E-state index in [9.17, 15) is 14.8 Å². The Bertz CT molecular complexity index is 979. The first-order valence-corrected chi connectivity index (χ1v) is 15.1. The molecule has 0 spiro atoms. The minimum absolute atomic E-state index is 0.122. The van der Waals surface area contributed by atoms with Crippen molar-refractivity contribution in [2.45, 2.75) is 130 Å². The molecule has 0 saturated heterocycles. The monoisotopic (exact) mass is 542 g/mol. The lowest BCUT2D eigenvalue weighted by Gasteiger charge is -2.39. The summed E-state index contributed by atoms with van der Waals surface area (Å²) in [4.78, 5) is 30.6. The van der Waals surface area contributed by atoms with E-state index in [-0.39, 0.29) is 17.5 Å². The van der Waals surface area contributed by atoms with E-state index < -0.39 is 18.0 Å². The molecule has 1 aliphatic heterocycles. The Morgan fingerprint density at radius 1 is 0.974 bits per heavy atom. The van der Waals surface area contributed by atoms with Crippen LogP contribution in [0.3, 0.4) is 0 Å². The Labute approximate surface area is 235 Å². The fourth-order valence-electron chi connectivity index (χ4n) is 5.83. The van der Waals surface area contributed by atoms with Crippen LogP contribution in [0, 0.1) is 6.92 Å². The van der Waals surface area contributed by atoms with Gasteiger partial charge in [0.05, 0.1) is 6.61 Å². The average Bonchev–Trinajstić information content (AvgIpc) is 2.92. The standard InChI is InChI=1S/C32H50N2O5/c1-6-10-11-12-13-14-15-16-22-38-30(35)26(9-4)39-31(36)29(34-37)28-25-19-17-18-24(5)27(25)32(20-7-2,21-8-3)23-33-28/h17-19,26,37H,6-16,20-23H2,1-5H3. The smallest absolute Gasteiger partial charge is 0.363 e. The summed E-state index contributed by atoms with van der Waals surface area (Å²) in [5, 5.41) is 13.2. The minimum Gasteiger partial charge on any atom is -0.463 e. The molecule has 0 radical (unpaired) electrons. The zero-order valence-electron chi connectivity index (χ0n) is 24.9. The van der Waals surface area contributed by atoms with Crippen molar-refractivity contribution in [2.24, 2.45) is 10.1 Å². The number of ether oxygens (including phenoxy) is 2. The van der Waals surface area contributed by atoms with Gasteiger partial charge in [0.15, 0.2) is 6.10 Å². The van der Waals surface area contributed by atoms with Crippen molar-refractivity contribution in [2.75, 3.05) is 13.2 Å². The van der Waals surface area contributed by atoms with Crippen molar-refractivity contribution in [3.8, 4) is 0 Å². The Kier molecular flexibility index (Phi) is 14.2. The Morgan fingerprint density at radius 3 is 2.21 bits per heavy atom. The summed E-state index contributed by atoms with van der Waals surface area (Å²) in [6.45, 7) is 11.2. The molecule has 1 aromatic rings. The molecule has 0 amide bonds. The van der Waals surface area contributed by atoms with E-state index in [0.717, 1.165) is 61.6 Å². The molecule has 1 N–H and O–H groups in total. The summed E-state index contributed by atoms with van der Waals surface area (Å²) in [5.74, 6) is -1.45. The van der Waals surface area contributed by atoms with E-state index in [1.54, 1.807) is 6.92 Å². The second-order valence-electron chi connectivity index (χ2n) is 10.8. The van der Waals surface area contributed by atoms with Gasteiger partial charge in [-0.05, 0) is 43.7 Å². The molecule has 7 nitrogen and oxygen atoms in total. The van der Waals surface area contributed by atoms with Crippen LogP contribution in [-0.4, -0.2) is 47.8 Å². The Morgan fingerprint density at radius 2 is 1.62 bits per heavy atom. The number of aliphatic imine (C=N–C) groups is 1. The first kappa shape index (κ1) is 32.5.